The summed E-state index contributed by atoms with van der Waals surface area (Å²) in [6.07, 6.45) is 1.82. The van der Waals surface area contributed by atoms with E-state index in [2.05, 4.69) is 15.7 Å². The summed E-state index contributed by atoms with van der Waals surface area (Å²) in [5.74, 6) is 1.33. The molecule has 0 aliphatic heterocycles. The van der Waals surface area contributed by atoms with Crippen LogP contribution in [-0.4, -0.2) is 22.0 Å². The van der Waals surface area contributed by atoms with Gasteiger partial charge in [0.15, 0.2) is 10.9 Å². The molecule has 0 saturated heterocycles. The average molecular weight is 297 g/mol. The summed E-state index contributed by atoms with van der Waals surface area (Å²) in [4.78, 5) is 0. The zero-order valence-corrected chi connectivity index (χ0v) is 12.0. The van der Waals surface area contributed by atoms with E-state index in [9.17, 15) is 0 Å². The van der Waals surface area contributed by atoms with Crippen molar-refractivity contribution in [2.75, 3.05) is 17.7 Å². The number of benzene rings is 1. The van der Waals surface area contributed by atoms with Crippen molar-refractivity contribution in [3.8, 4) is 5.75 Å². The number of halogens is 1. The number of hydrogen-bond acceptors (Lipinski definition) is 3. The second-order valence-corrected chi connectivity index (χ2v) is 4.64. The van der Waals surface area contributed by atoms with E-state index in [-0.39, 0.29) is 0 Å². The largest absolute Gasteiger partial charge is 0.495 e. The third kappa shape index (κ3) is 3.59. The summed E-state index contributed by atoms with van der Waals surface area (Å²) in [7, 11) is 3.42. The van der Waals surface area contributed by atoms with Gasteiger partial charge in [-0.2, -0.15) is 5.10 Å². The molecule has 0 atom stereocenters. The highest BCUT2D eigenvalue weighted by Gasteiger charge is 2.06. The molecule has 2 N–H and O–H groups in total. The van der Waals surface area contributed by atoms with Gasteiger partial charge in [0.1, 0.15) is 5.75 Å². The first-order valence-corrected chi connectivity index (χ1v) is 6.28. The lowest BCUT2D eigenvalue weighted by Gasteiger charge is -2.12. The second-order valence-electron chi connectivity index (χ2n) is 3.80. The van der Waals surface area contributed by atoms with E-state index in [0.717, 1.165) is 0 Å². The van der Waals surface area contributed by atoms with Gasteiger partial charge in [0.2, 0.25) is 0 Å². The molecule has 0 fully saturated rings. The summed E-state index contributed by atoms with van der Waals surface area (Å²) in [5, 5.41) is 11.2. The average Bonchev–Trinajstić information content (AvgIpc) is 2.75. The smallest absolute Gasteiger partial charge is 0.176 e. The Morgan fingerprint density at radius 3 is 2.79 bits per heavy atom. The Bertz CT molecular complexity index is 599. The number of nitrogens with zero attached hydrogens (tertiary/aromatic N) is 2. The number of anilines is 2. The summed E-state index contributed by atoms with van der Waals surface area (Å²) >= 11 is 11.2. The minimum Gasteiger partial charge on any atom is -0.495 e. The highest BCUT2D eigenvalue weighted by atomic mass is 35.5. The molecule has 5 nitrogen and oxygen atoms in total. The quantitative estimate of drug-likeness (QED) is 0.853. The van der Waals surface area contributed by atoms with Crippen LogP contribution in [0.4, 0.5) is 11.5 Å². The maximum Gasteiger partial charge on any atom is 0.176 e. The van der Waals surface area contributed by atoms with E-state index in [0.29, 0.717) is 27.4 Å². The Balaban J connectivity index is 2.08. The van der Waals surface area contributed by atoms with E-state index >= 15 is 0 Å². The lowest BCUT2D eigenvalue weighted by Crippen LogP contribution is -2.19. The van der Waals surface area contributed by atoms with Gasteiger partial charge in [0.25, 0.3) is 0 Å². The molecule has 100 valence electrons. The first kappa shape index (κ1) is 13.6. The highest BCUT2D eigenvalue weighted by molar-refractivity contribution is 7.80. The van der Waals surface area contributed by atoms with Crippen LogP contribution >= 0.6 is 23.8 Å². The highest BCUT2D eigenvalue weighted by Crippen LogP contribution is 2.27. The van der Waals surface area contributed by atoms with Crippen molar-refractivity contribution in [3.63, 3.8) is 0 Å². The van der Waals surface area contributed by atoms with Crippen molar-refractivity contribution >= 4 is 40.4 Å². The first-order chi connectivity index (χ1) is 9.08. The van der Waals surface area contributed by atoms with Gasteiger partial charge in [0.05, 0.1) is 12.8 Å². The predicted molar refractivity (Wildman–Crippen MR) is 81.1 cm³/mol. The normalized spacial score (nSPS) is 10.1. The fourth-order valence-corrected chi connectivity index (χ4v) is 1.92. The van der Waals surface area contributed by atoms with Gasteiger partial charge in [-0.1, -0.05) is 11.6 Å². The Morgan fingerprint density at radius 1 is 1.37 bits per heavy atom. The van der Waals surface area contributed by atoms with Crippen LogP contribution in [0, 0.1) is 0 Å². The van der Waals surface area contributed by atoms with Crippen molar-refractivity contribution < 1.29 is 4.74 Å². The third-order valence-electron chi connectivity index (χ3n) is 2.36. The summed E-state index contributed by atoms with van der Waals surface area (Å²) < 4.78 is 6.91. The van der Waals surface area contributed by atoms with Gasteiger partial charge in [0, 0.05) is 24.3 Å². The molecule has 1 heterocycles. The lowest BCUT2D eigenvalue weighted by atomic mass is 10.3. The van der Waals surface area contributed by atoms with E-state index in [1.54, 1.807) is 30.0 Å². The number of rotatable bonds is 3. The van der Waals surface area contributed by atoms with Gasteiger partial charge in [-0.15, -0.1) is 0 Å². The molecule has 0 aliphatic rings. The number of aryl methyl sites for hydroxylation is 1. The van der Waals surface area contributed by atoms with Crippen molar-refractivity contribution in [3.05, 3.63) is 35.5 Å². The molecule has 0 spiro atoms. The second kappa shape index (κ2) is 5.90. The number of ether oxygens (including phenoxy) is 1. The van der Waals surface area contributed by atoms with Crippen molar-refractivity contribution in [2.45, 2.75) is 0 Å². The number of hydrogen-bond donors (Lipinski definition) is 2. The number of methoxy groups -OCH3 is 1. The van der Waals surface area contributed by atoms with Crippen LogP contribution in [0.5, 0.6) is 5.75 Å². The molecule has 7 heteroatoms. The van der Waals surface area contributed by atoms with Crippen LogP contribution in [-0.2, 0) is 7.05 Å². The van der Waals surface area contributed by atoms with E-state index < -0.39 is 0 Å². The third-order valence-corrected chi connectivity index (χ3v) is 2.80. The zero-order valence-electron chi connectivity index (χ0n) is 10.5. The van der Waals surface area contributed by atoms with Gasteiger partial charge < -0.3 is 15.4 Å². The van der Waals surface area contributed by atoms with Crippen molar-refractivity contribution in [1.29, 1.82) is 0 Å². The molecule has 2 aromatic rings. The minimum absolute atomic E-state index is 0.416. The van der Waals surface area contributed by atoms with E-state index in [1.165, 1.54) is 0 Å². The van der Waals surface area contributed by atoms with Crippen LogP contribution in [0.2, 0.25) is 5.02 Å². The predicted octanol–water partition coefficient (Wildman–Crippen LogP) is 2.89. The number of thiocarbonyl (C=S) groups is 1. The maximum absolute atomic E-state index is 5.95. The van der Waals surface area contributed by atoms with E-state index in [1.807, 2.05) is 19.3 Å². The molecular weight excluding hydrogens is 284 g/mol. The molecule has 0 saturated carbocycles. The van der Waals surface area contributed by atoms with Crippen LogP contribution in [0.15, 0.2) is 30.5 Å². The standard InChI is InChI=1S/C12H13ClN4OS/c1-17-6-5-11(16-17)15-12(19)14-9-7-8(13)3-4-10(9)18-2/h3-7H,1-2H3,(H2,14,15,16,19). The Kier molecular flexibility index (Phi) is 4.24. The number of aromatic nitrogens is 2. The molecule has 2 rings (SSSR count). The van der Waals surface area contributed by atoms with Gasteiger partial charge in [-0.25, -0.2) is 0 Å². The number of nitrogens with one attached hydrogen (secondary N) is 2. The first-order valence-electron chi connectivity index (χ1n) is 5.49. The Labute approximate surface area is 121 Å². The molecular formula is C12H13ClN4OS. The molecule has 0 bridgehead atoms. The van der Waals surface area contributed by atoms with Crippen LogP contribution in [0.3, 0.4) is 0 Å². The SMILES string of the molecule is COc1ccc(Cl)cc1NC(=S)Nc1ccn(C)n1. The maximum atomic E-state index is 5.95. The molecule has 0 unspecified atom stereocenters. The minimum atomic E-state index is 0.416. The van der Waals surface area contributed by atoms with Gasteiger partial charge in [-0.3, -0.25) is 4.68 Å². The van der Waals surface area contributed by atoms with Crippen LogP contribution < -0.4 is 15.4 Å². The molecule has 1 aromatic carbocycles. The van der Waals surface area contributed by atoms with E-state index in [4.69, 9.17) is 28.6 Å². The summed E-state index contributed by atoms with van der Waals surface area (Å²) in [5.41, 5.74) is 0.698. The Morgan fingerprint density at radius 2 is 2.16 bits per heavy atom. The lowest BCUT2D eigenvalue weighted by molar-refractivity contribution is 0.417. The fraction of sp³-hybridized carbons (Fsp3) is 0.167. The Hall–Kier alpha value is -1.79. The molecule has 0 aliphatic carbocycles. The van der Waals surface area contributed by atoms with Gasteiger partial charge >= 0.3 is 0 Å². The summed E-state index contributed by atoms with van der Waals surface area (Å²) in [6.45, 7) is 0. The van der Waals surface area contributed by atoms with Gasteiger partial charge in [-0.05, 0) is 30.4 Å². The van der Waals surface area contributed by atoms with Crippen molar-refractivity contribution in [2.24, 2.45) is 7.05 Å². The molecule has 19 heavy (non-hydrogen) atoms. The topological polar surface area (TPSA) is 51.1 Å². The monoisotopic (exact) mass is 296 g/mol. The molecule has 1 aromatic heterocycles. The fourth-order valence-electron chi connectivity index (χ4n) is 1.53. The zero-order chi connectivity index (χ0) is 13.8. The summed E-state index contributed by atoms with van der Waals surface area (Å²) in [6, 6.07) is 7.09. The van der Waals surface area contributed by atoms with Crippen LogP contribution in [0.1, 0.15) is 0 Å². The van der Waals surface area contributed by atoms with Crippen LogP contribution in [0.25, 0.3) is 0 Å². The molecule has 0 radical (unpaired) electrons. The molecule has 0 amide bonds. The van der Waals surface area contributed by atoms with Crippen molar-refractivity contribution in [1.82, 2.24) is 9.78 Å².